The van der Waals surface area contributed by atoms with Gasteiger partial charge in [-0.25, -0.2) is 0 Å². The molecule has 0 fully saturated rings. The Kier molecular flexibility index (Phi) is 6.80. The molecule has 0 heterocycles. The minimum absolute atomic E-state index is 0.0635. The first-order chi connectivity index (χ1) is 7.79. The number of amides is 1. The number of nitrogens with zero attached hydrogens (tertiary/aromatic N) is 1. The highest BCUT2D eigenvalue weighted by molar-refractivity contribution is 5.82. The zero-order chi connectivity index (χ0) is 13.6. The van der Waals surface area contributed by atoms with E-state index >= 15 is 0 Å². The van der Waals surface area contributed by atoms with Crippen molar-refractivity contribution in [2.45, 2.75) is 59.2 Å². The SMILES string of the molecule is CCC(C)N(CC(=O)O)C(C)C(=O)NC(C)C. The number of hydrogen-bond donors (Lipinski definition) is 2. The molecule has 0 aliphatic heterocycles. The zero-order valence-corrected chi connectivity index (χ0v) is 11.4. The molecule has 0 saturated heterocycles. The van der Waals surface area contributed by atoms with Crippen LogP contribution >= 0.6 is 0 Å². The maximum absolute atomic E-state index is 11.9. The Hall–Kier alpha value is -1.10. The monoisotopic (exact) mass is 244 g/mol. The summed E-state index contributed by atoms with van der Waals surface area (Å²) in [6.07, 6.45) is 0.812. The van der Waals surface area contributed by atoms with Crippen LogP contribution in [0.3, 0.4) is 0 Å². The molecular formula is C12H24N2O3. The summed E-state index contributed by atoms with van der Waals surface area (Å²) in [6, 6.07) is -0.295. The Labute approximate surface area is 103 Å². The van der Waals surface area contributed by atoms with E-state index in [2.05, 4.69) is 5.32 Å². The van der Waals surface area contributed by atoms with Crippen molar-refractivity contribution in [2.24, 2.45) is 0 Å². The number of carbonyl (C=O) groups excluding carboxylic acids is 1. The molecule has 0 saturated carbocycles. The highest BCUT2D eigenvalue weighted by atomic mass is 16.4. The Morgan fingerprint density at radius 1 is 1.24 bits per heavy atom. The second kappa shape index (κ2) is 7.27. The molecule has 5 nitrogen and oxygen atoms in total. The summed E-state index contributed by atoms with van der Waals surface area (Å²) < 4.78 is 0. The summed E-state index contributed by atoms with van der Waals surface area (Å²) in [5.74, 6) is -1.03. The first kappa shape index (κ1) is 15.9. The van der Waals surface area contributed by atoms with E-state index in [-0.39, 0.29) is 24.5 Å². The number of hydrogen-bond acceptors (Lipinski definition) is 3. The quantitative estimate of drug-likeness (QED) is 0.703. The van der Waals surface area contributed by atoms with Crippen LogP contribution in [0.4, 0.5) is 0 Å². The van der Waals surface area contributed by atoms with E-state index in [4.69, 9.17) is 5.11 Å². The summed E-state index contributed by atoms with van der Waals surface area (Å²) in [4.78, 5) is 24.4. The molecular weight excluding hydrogens is 220 g/mol. The number of aliphatic carboxylic acids is 1. The van der Waals surface area contributed by atoms with Crippen LogP contribution in [0.1, 0.15) is 41.0 Å². The van der Waals surface area contributed by atoms with Gasteiger partial charge in [0.2, 0.25) is 5.91 Å². The number of nitrogens with one attached hydrogen (secondary N) is 1. The summed E-state index contributed by atoms with van der Waals surface area (Å²) in [5, 5.41) is 11.7. The predicted octanol–water partition coefficient (Wildman–Crippen LogP) is 1.08. The van der Waals surface area contributed by atoms with Gasteiger partial charge in [0.1, 0.15) is 0 Å². The minimum atomic E-state index is -0.908. The van der Waals surface area contributed by atoms with E-state index in [9.17, 15) is 9.59 Å². The van der Waals surface area contributed by atoms with Crippen LogP contribution in [-0.2, 0) is 9.59 Å². The molecule has 0 rings (SSSR count). The highest BCUT2D eigenvalue weighted by Gasteiger charge is 2.26. The fraction of sp³-hybridized carbons (Fsp3) is 0.833. The van der Waals surface area contributed by atoms with E-state index < -0.39 is 12.0 Å². The van der Waals surface area contributed by atoms with Crippen LogP contribution in [0.5, 0.6) is 0 Å². The van der Waals surface area contributed by atoms with Crippen molar-refractivity contribution in [3.8, 4) is 0 Å². The van der Waals surface area contributed by atoms with Crippen molar-refractivity contribution < 1.29 is 14.7 Å². The lowest BCUT2D eigenvalue weighted by Gasteiger charge is -2.32. The van der Waals surface area contributed by atoms with Crippen LogP contribution in [-0.4, -0.2) is 46.6 Å². The van der Waals surface area contributed by atoms with Gasteiger partial charge in [0.15, 0.2) is 0 Å². The molecule has 0 aromatic rings. The second-order valence-corrected chi connectivity index (χ2v) is 4.66. The summed E-state index contributed by atoms with van der Waals surface area (Å²) in [6.45, 7) is 9.31. The molecule has 0 radical (unpaired) electrons. The molecule has 0 bridgehead atoms. The Bertz CT molecular complexity index is 266. The Balaban J connectivity index is 4.67. The van der Waals surface area contributed by atoms with Crippen molar-refractivity contribution in [3.63, 3.8) is 0 Å². The zero-order valence-electron chi connectivity index (χ0n) is 11.4. The first-order valence-corrected chi connectivity index (χ1v) is 6.07. The van der Waals surface area contributed by atoms with Gasteiger partial charge in [-0.1, -0.05) is 6.92 Å². The van der Waals surface area contributed by atoms with E-state index in [0.717, 1.165) is 6.42 Å². The minimum Gasteiger partial charge on any atom is -0.480 e. The number of carboxylic acid groups (broad SMARTS) is 1. The van der Waals surface area contributed by atoms with Crippen molar-refractivity contribution >= 4 is 11.9 Å². The summed E-state index contributed by atoms with van der Waals surface area (Å²) >= 11 is 0. The van der Waals surface area contributed by atoms with E-state index in [0.29, 0.717) is 0 Å². The molecule has 0 aromatic carbocycles. The van der Waals surface area contributed by atoms with E-state index in [1.807, 2.05) is 27.7 Å². The lowest BCUT2D eigenvalue weighted by molar-refractivity contribution is -0.140. The van der Waals surface area contributed by atoms with Gasteiger partial charge < -0.3 is 10.4 Å². The molecule has 17 heavy (non-hydrogen) atoms. The molecule has 2 atom stereocenters. The molecule has 2 N–H and O–H groups in total. The number of carbonyl (C=O) groups is 2. The molecule has 0 aliphatic rings. The third-order valence-corrected chi connectivity index (χ3v) is 2.78. The van der Waals surface area contributed by atoms with Gasteiger partial charge >= 0.3 is 5.97 Å². The van der Waals surface area contributed by atoms with Gasteiger partial charge in [-0.3, -0.25) is 14.5 Å². The normalized spacial score (nSPS) is 14.8. The standard InChI is InChI=1S/C12H24N2O3/c1-6-9(4)14(7-11(15)16)10(5)12(17)13-8(2)3/h8-10H,6-7H2,1-5H3,(H,13,17)(H,15,16). The maximum Gasteiger partial charge on any atom is 0.317 e. The van der Waals surface area contributed by atoms with Crippen LogP contribution < -0.4 is 5.32 Å². The average Bonchev–Trinajstić information content (AvgIpc) is 2.22. The third kappa shape index (κ3) is 5.68. The topological polar surface area (TPSA) is 69.6 Å². The summed E-state index contributed by atoms with van der Waals surface area (Å²) in [5.41, 5.74) is 0. The van der Waals surface area contributed by atoms with Gasteiger partial charge in [-0.15, -0.1) is 0 Å². The van der Waals surface area contributed by atoms with Gasteiger partial charge in [0.25, 0.3) is 0 Å². The van der Waals surface area contributed by atoms with E-state index in [1.54, 1.807) is 11.8 Å². The molecule has 5 heteroatoms. The average molecular weight is 244 g/mol. The van der Waals surface area contributed by atoms with E-state index in [1.165, 1.54) is 0 Å². The van der Waals surface area contributed by atoms with Crippen molar-refractivity contribution in [1.29, 1.82) is 0 Å². The Morgan fingerprint density at radius 3 is 2.12 bits per heavy atom. The molecule has 1 amide bonds. The van der Waals surface area contributed by atoms with Crippen molar-refractivity contribution in [3.05, 3.63) is 0 Å². The van der Waals surface area contributed by atoms with Crippen LogP contribution in [0.25, 0.3) is 0 Å². The van der Waals surface area contributed by atoms with Crippen LogP contribution in [0.2, 0.25) is 0 Å². The molecule has 2 unspecified atom stereocenters. The molecule has 0 aliphatic carbocycles. The summed E-state index contributed by atoms with van der Waals surface area (Å²) in [7, 11) is 0. The fourth-order valence-corrected chi connectivity index (χ4v) is 1.62. The van der Waals surface area contributed by atoms with Crippen LogP contribution in [0, 0.1) is 0 Å². The van der Waals surface area contributed by atoms with Gasteiger partial charge in [-0.2, -0.15) is 0 Å². The predicted molar refractivity (Wildman–Crippen MR) is 66.8 cm³/mol. The Morgan fingerprint density at radius 2 is 1.76 bits per heavy atom. The van der Waals surface area contributed by atoms with Gasteiger partial charge in [-0.05, 0) is 34.1 Å². The van der Waals surface area contributed by atoms with Crippen molar-refractivity contribution in [2.75, 3.05) is 6.54 Å². The highest BCUT2D eigenvalue weighted by Crippen LogP contribution is 2.09. The molecule has 100 valence electrons. The molecule has 0 aromatic heterocycles. The first-order valence-electron chi connectivity index (χ1n) is 6.07. The maximum atomic E-state index is 11.9. The smallest absolute Gasteiger partial charge is 0.317 e. The van der Waals surface area contributed by atoms with Gasteiger partial charge in [0, 0.05) is 12.1 Å². The van der Waals surface area contributed by atoms with Crippen LogP contribution in [0.15, 0.2) is 0 Å². The second-order valence-electron chi connectivity index (χ2n) is 4.66. The van der Waals surface area contributed by atoms with Gasteiger partial charge in [0.05, 0.1) is 12.6 Å². The number of rotatable bonds is 7. The largest absolute Gasteiger partial charge is 0.480 e. The third-order valence-electron chi connectivity index (χ3n) is 2.78. The lowest BCUT2D eigenvalue weighted by Crippen LogP contribution is -2.51. The fourth-order valence-electron chi connectivity index (χ4n) is 1.62. The lowest BCUT2D eigenvalue weighted by atomic mass is 10.1. The molecule has 0 spiro atoms. The van der Waals surface area contributed by atoms with Crippen molar-refractivity contribution in [1.82, 2.24) is 10.2 Å². The number of carboxylic acids is 1.